The van der Waals surface area contributed by atoms with Crippen LogP contribution in [0.1, 0.15) is 18.4 Å². The molecule has 0 spiro atoms. The number of nitrogens with zero attached hydrogens (tertiary/aromatic N) is 3. The van der Waals surface area contributed by atoms with Crippen LogP contribution < -0.4 is 15.6 Å². The molecule has 1 aliphatic heterocycles. The number of methoxy groups -OCH3 is 1. The zero-order valence-electron chi connectivity index (χ0n) is 16.5. The van der Waals surface area contributed by atoms with Gasteiger partial charge in [0, 0.05) is 31.4 Å². The van der Waals surface area contributed by atoms with Gasteiger partial charge in [-0.3, -0.25) is 19.3 Å². The molecular weight excluding hydrogens is 388 g/mol. The Hall–Kier alpha value is -3.46. The monoisotopic (exact) mass is 410 g/mol. The zero-order valence-corrected chi connectivity index (χ0v) is 16.5. The van der Waals surface area contributed by atoms with Crippen molar-refractivity contribution in [2.24, 2.45) is 0 Å². The number of anilines is 1. The fraction of sp³-hybridized carbons (Fsp3) is 0.333. The Kier molecular flexibility index (Phi) is 5.37. The first kappa shape index (κ1) is 19.8. The first-order valence-corrected chi connectivity index (χ1v) is 9.66. The molecule has 1 fully saturated rings. The minimum atomic E-state index is -0.710. The molecular formula is C21H22N4O5. The lowest BCUT2D eigenvalue weighted by atomic mass is 9.74. The quantitative estimate of drug-likeness (QED) is 0.492. The van der Waals surface area contributed by atoms with E-state index < -0.39 is 16.2 Å². The topological polar surface area (TPSA) is 108 Å². The first-order valence-electron chi connectivity index (χ1n) is 9.66. The fourth-order valence-corrected chi connectivity index (χ4v) is 3.89. The van der Waals surface area contributed by atoms with Crippen LogP contribution in [0.15, 0.2) is 53.5 Å². The maximum absolute atomic E-state index is 12.7. The van der Waals surface area contributed by atoms with Gasteiger partial charge >= 0.3 is 11.2 Å². The molecule has 9 heteroatoms. The van der Waals surface area contributed by atoms with E-state index in [4.69, 9.17) is 9.47 Å². The molecule has 2 aromatic heterocycles. The average Bonchev–Trinajstić information content (AvgIpc) is 2.78. The molecule has 3 heterocycles. The second kappa shape index (κ2) is 8.11. The summed E-state index contributed by atoms with van der Waals surface area (Å²) in [5.41, 5.74) is -0.142. The Morgan fingerprint density at radius 2 is 1.97 bits per heavy atom. The van der Waals surface area contributed by atoms with Crippen molar-refractivity contribution in [1.29, 1.82) is 0 Å². The lowest BCUT2D eigenvalue weighted by Crippen LogP contribution is -2.40. The van der Waals surface area contributed by atoms with Crippen molar-refractivity contribution < 1.29 is 14.4 Å². The molecule has 1 aliphatic rings. The summed E-state index contributed by atoms with van der Waals surface area (Å²) in [6.07, 6.45) is 2.96. The molecule has 30 heavy (non-hydrogen) atoms. The van der Waals surface area contributed by atoms with Crippen LogP contribution in [0, 0.1) is 10.1 Å². The van der Waals surface area contributed by atoms with Gasteiger partial charge in [0.05, 0.1) is 12.0 Å². The molecule has 0 radical (unpaired) electrons. The van der Waals surface area contributed by atoms with E-state index in [0.29, 0.717) is 25.4 Å². The Morgan fingerprint density at radius 3 is 2.63 bits per heavy atom. The molecule has 3 aromatic rings. The zero-order chi connectivity index (χ0) is 21.1. The number of hydrogen-bond donors (Lipinski definition) is 1. The summed E-state index contributed by atoms with van der Waals surface area (Å²) in [4.78, 5) is 28.0. The van der Waals surface area contributed by atoms with Gasteiger partial charge in [-0.1, -0.05) is 18.2 Å². The predicted molar refractivity (Wildman–Crippen MR) is 111 cm³/mol. The van der Waals surface area contributed by atoms with Crippen molar-refractivity contribution in [1.82, 2.24) is 9.38 Å². The van der Waals surface area contributed by atoms with Gasteiger partial charge in [0.2, 0.25) is 5.82 Å². The van der Waals surface area contributed by atoms with Crippen LogP contribution in [0.3, 0.4) is 0 Å². The van der Waals surface area contributed by atoms with Crippen molar-refractivity contribution in [2.75, 3.05) is 32.2 Å². The summed E-state index contributed by atoms with van der Waals surface area (Å²) >= 11 is 0. The lowest BCUT2D eigenvalue weighted by Gasteiger charge is -2.38. The minimum absolute atomic E-state index is 0.0180. The predicted octanol–water partition coefficient (Wildman–Crippen LogP) is 2.77. The van der Waals surface area contributed by atoms with Crippen molar-refractivity contribution in [3.8, 4) is 5.75 Å². The van der Waals surface area contributed by atoms with Crippen LogP contribution in [0.5, 0.6) is 5.75 Å². The largest absolute Gasteiger partial charge is 0.497 e. The van der Waals surface area contributed by atoms with Gasteiger partial charge in [-0.2, -0.15) is 0 Å². The molecule has 0 bridgehead atoms. The number of fused-ring (bicyclic) bond motifs is 1. The highest BCUT2D eigenvalue weighted by Gasteiger charge is 2.35. The Morgan fingerprint density at radius 1 is 1.23 bits per heavy atom. The highest BCUT2D eigenvalue weighted by molar-refractivity contribution is 5.60. The summed E-state index contributed by atoms with van der Waals surface area (Å²) in [7, 11) is 1.61. The van der Waals surface area contributed by atoms with Crippen LogP contribution in [-0.4, -0.2) is 41.2 Å². The van der Waals surface area contributed by atoms with Gasteiger partial charge < -0.3 is 14.8 Å². The van der Waals surface area contributed by atoms with Crippen LogP contribution in [0.2, 0.25) is 0 Å². The van der Waals surface area contributed by atoms with Crippen molar-refractivity contribution in [2.45, 2.75) is 18.3 Å². The maximum atomic E-state index is 12.7. The summed E-state index contributed by atoms with van der Waals surface area (Å²) in [5, 5.41) is 14.7. The van der Waals surface area contributed by atoms with Crippen molar-refractivity contribution in [3.05, 3.63) is 74.7 Å². The number of hydrogen-bond acceptors (Lipinski definition) is 7. The molecule has 156 valence electrons. The van der Waals surface area contributed by atoms with Gasteiger partial charge in [-0.05, 0) is 42.7 Å². The van der Waals surface area contributed by atoms with Crippen molar-refractivity contribution >= 4 is 17.2 Å². The standard InChI is InChI=1S/C21H22N4O5/c1-29-16-7-5-15(6-8-16)21(9-12-30-13-10-21)14-22-19-18(25(27)28)20(26)24-11-3-2-4-17(24)23-19/h2-8,11,22H,9-10,12-14H2,1H3. The number of benzene rings is 1. The number of rotatable bonds is 6. The van der Waals surface area contributed by atoms with E-state index in [1.54, 1.807) is 25.3 Å². The van der Waals surface area contributed by atoms with E-state index >= 15 is 0 Å². The van der Waals surface area contributed by atoms with Crippen LogP contribution in [0.4, 0.5) is 11.5 Å². The molecule has 9 nitrogen and oxygen atoms in total. The summed E-state index contributed by atoms with van der Waals surface area (Å²) < 4.78 is 12.0. The highest BCUT2D eigenvalue weighted by Crippen LogP contribution is 2.36. The van der Waals surface area contributed by atoms with E-state index in [9.17, 15) is 14.9 Å². The Balaban J connectivity index is 1.72. The maximum Gasteiger partial charge on any atom is 0.376 e. The van der Waals surface area contributed by atoms with E-state index in [-0.39, 0.29) is 11.2 Å². The number of nitrogens with one attached hydrogen (secondary N) is 1. The SMILES string of the molecule is COc1ccc(C2(CNc3nc4ccccn4c(=O)c3[N+](=O)[O-])CCOCC2)cc1. The third kappa shape index (κ3) is 3.59. The van der Waals surface area contributed by atoms with Gasteiger partial charge in [-0.25, -0.2) is 4.98 Å². The first-order chi connectivity index (χ1) is 14.5. The molecule has 0 unspecified atom stereocenters. The van der Waals surface area contributed by atoms with Crippen molar-refractivity contribution in [3.63, 3.8) is 0 Å². The summed E-state index contributed by atoms with van der Waals surface area (Å²) in [5.74, 6) is 0.740. The molecule has 0 saturated carbocycles. The molecule has 0 amide bonds. The van der Waals surface area contributed by atoms with Gasteiger partial charge in [0.1, 0.15) is 11.4 Å². The van der Waals surface area contributed by atoms with Crippen LogP contribution >= 0.6 is 0 Å². The number of nitro groups is 1. The fourth-order valence-electron chi connectivity index (χ4n) is 3.89. The second-order valence-corrected chi connectivity index (χ2v) is 7.27. The van der Waals surface area contributed by atoms with E-state index in [1.165, 1.54) is 10.6 Å². The van der Waals surface area contributed by atoms with Gasteiger partial charge in [0.25, 0.3) is 0 Å². The smallest absolute Gasteiger partial charge is 0.376 e. The lowest BCUT2D eigenvalue weighted by molar-refractivity contribution is -0.385. The van der Waals surface area contributed by atoms with E-state index in [1.807, 2.05) is 24.3 Å². The third-order valence-electron chi connectivity index (χ3n) is 5.64. The van der Waals surface area contributed by atoms with Gasteiger partial charge in [0.15, 0.2) is 0 Å². The molecule has 1 N–H and O–H groups in total. The molecule has 0 aliphatic carbocycles. The van der Waals surface area contributed by atoms with Crippen LogP contribution in [-0.2, 0) is 10.2 Å². The Bertz CT molecular complexity index is 1120. The summed E-state index contributed by atoms with van der Waals surface area (Å²) in [6, 6.07) is 12.8. The van der Waals surface area contributed by atoms with E-state index in [2.05, 4.69) is 10.3 Å². The molecule has 1 aromatic carbocycles. The molecule has 1 saturated heterocycles. The number of ether oxygens (including phenoxy) is 2. The van der Waals surface area contributed by atoms with Gasteiger partial charge in [-0.15, -0.1) is 0 Å². The minimum Gasteiger partial charge on any atom is -0.497 e. The second-order valence-electron chi connectivity index (χ2n) is 7.27. The van der Waals surface area contributed by atoms with E-state index in [0.717, 1.165) is 24.2 Å². The molecule has 4 rings (SSSR count). The normalized spacial score (nSPS) is 15.6. The number of pyridine rings is 1. The number of aromatic nitrogens is 2. The van der Waals surface area contributed by atoms with Crippen LogP contribution in [0.25, 0.3) is 5.65 Å². The highest BCUT2D eigenvalue weighted by atomic mass is 16.6. The Labute approximate surface area is 172 Å². The summed E-state index contributed by atoms with van der Waals surface area (Å²) in [6.45, 7) is 1.56. The molecule has 0 atom stereocenters. The third-order valence-corrected chi connectivity index (χ3v) is 5.64. The average molecular weight is 410 g/mol.